The molecule has 0 heterocycles. The molecule has 0 radical (unpaired) electrons. The Morgan fingerprint density at radius 3 is 2.47 bits per heavy atom. The maximum Gasteiger partial charge on any atom is 0.0236 e. The van der Waals surface area contributed by atoms with E-state index in [0.717, 1.165) is 19.0 Å². The Kier molecular flexibility index (Phi) is 4.57. The zero-order chi connectivity index (χ0) is 12.1. The van der Waals surface area contributed by atoms with Crippen molar-refractivity contribution in [3.63, 3.8) is 0 Å². The summed E-state index contributed by atoms with van der Waals surface area (Å²) in [6, 6.07) is 8.55. The van der Waals surface area contributed by atoms with Gasteiger partial charge in [-0.05, 0) is 36.4 Å². The standard InChI is InChI=1S/C15H24N2/c1-2-17(11-13-6-5-7-13)12-15-9-4-3-8-14(15)10-16/h3-4,8-9,13H,2,5-7,10-12,16H2,1H3. The lowest BCUT2D eigenvalue weighted by molar-refractivity contribution is 0.178. The normalized spacial score (nSPS) is 16.2. The summed E-state index contributed by atoms with van der Waals surface area (Å²) < 4.78 is 0. The van der Waals surface area contributed by atoms with Gasteiger partial charge in [0.1, 0.15) is 0 Å². The van der Waals surface area contributed by atoms with Crippen LogP contribution in [0.5, 0.6) is 0 Å². The Hall–Kier alpha value is -0.860. The third-order valence-corrected chi connectivity index (χ3v) is 3.92. The molecule has 1 aliphatic rings. The van der Waals surface area contributed by atoms with Gasteiger partial charge < -0.3 is 5.73 Å². The zero-order valence-electron chi connectivity index (χ0n) is 10.9. The van der Waals surface area contributed by atoms with Crippen molar-refractivity contribution in [2.24, 2.45) is 11.7 Å². The Morgan fingerprint density at radius 1 is 1.24 bits per heavy atom. The topological polar surface area (TPSA) is 29.3 Å². The average molecular weight is 232 g/mol. The molecule has 0 aromatic heterocycles. The minimum atomic E-state index is 0.650. The van der Waals surface area contributed by atoms with Crippen molar-refractivity contribution in [2.45, 2.75) is 39.3 Å². The number of nitrogens with two attached hydrogens (primary N) is 1. The summed E-state index contributed by atoms with van der Waals surface area (Å²) in [5, 5.41) is 0. The SMILES string of the molecule is CCN(Cc1ccccc1CN)CC1CCC1. The third kappa shape index (κ3) is 3.30. The molecule has 1 aromatic carbocycles. The van der Waals surface area contributed by atoms with Gasteiger partial charge in [0.05, 0.1) is 0 Å². The zero-order valence-corrected chi connectivity index (χ0v) is 10.9. The Bertz CT molecular complexity index is 345. The van der Waals surface area contributed by atoms with Crippen LogP contribution in [0, 0.1) is 5.92 Å². The fourth-order valence-electron chi connectivity index (χ4n) is 2.50. The minimum Gasteiger partial charge on any atom is -0.326 e. The van der Waals surface area contributed by atoms with Crippen LogP contribution in [0.3, 0.4) is 0 Å². The molecular weight excluding hydrogens is 208 g/mol. The van der Waals surface area contributed by atoms with Crippen LogP contribution >= 0.6 is 0 Å². The van der Waals surface area contributed by atoms with E-state index >= 15 is 0 Å². The number of hydrogen-bond donors (Lipinski definition) is 1. The van der Waals surface area contributed by atoms with E-state index in [0.29, 0.717) is 6.54 Å². The lowest BCUT2D eigenvalue weighted by atomic mass is 9.85. The van der Waals surface area contributed by atoms with Crippen molar-refractivity contribution >= 4 is 0 Å². The van der Waals surface area contributed by atoms with Crippen LogP contribution in [0.25, 0.3) is 0 Å². The number of hydrogen-bond acceptors (Lipinski definition) is 2. The molecule has 0 unspecified atom stereocenters. The highest BCUT2D eigenvalue weighted by atomic mass is 15.1. The molecule has 2 rings (SSSR count). The molecule has 17 heavy (non-hydrogen) atoms. The number of benzene rings is 1. The fourth-order valence-corrected chi connectivity index (χ4v) is 2.50. The van der Waals surface area contributed by atoms with Crippen LogP contribution < -0.4 is 5.73 Å². The van der Waals surface area contributed by atoms with Crippen molar-refractivity contribution in [1.29, 1.82) is 0 Å². The van der Waals surface area contributed by atoms with Gasteiger partial charge in [0, 0.05) is 19.6 Å². The van der Waals surface area contributed by atoms with E-state index in [4.69, 9.17) is 5.73 Å². The molecule has 1 fully saturated rings. The van der Waals surface area contributed by atoms with Crippen molar-refractivity contribution < 1.29 is 0 Å². The molecule has 94 valence electrons. The van der Waals surface area contributed by atoms with E-state index < -0.39 is 0 Å². The van der Waals surface area contributed by atoms with Gasteiger partial charge in [-0.15, -0.1) is 0 Å². The van der Waals surface area contributed by atoms with Crippen molar-refractivity contribution in [1.82, 2.24) is 4.90 Å². The van der Waals surface area contributed by atoms with Crippen LogP contribution in [0.2, 0.25) is 0 Å². The third-order valence-electron chi connectivity index (χ3n) is 3.92. The van der Waals surface area contributed by atoms with E-state index in [1.54, 1.807) is 0 Å². The Labute approximate surface area is 105 Å². The highest BCUT2D eigenvalue weighted by Gasteiger charge is 2.20. The molecule has 0 bridgehead atoms. The van der Waals surface area contributed by atoms with Gasteiger partial charge >= 0.3 is 0 Å². The predicted octanol–water partition coefficient (Wildman–Crippen LogP) is 2.77. The molecule has 0 atom stereocenters. The summed E-state index contributed by atoms with van der Waals surface area (Å²) in [5.74, 6) is 0.944. The van der Waals surface area contributed by atoms with E-state index in [1.807, 2.05) is 0 Å². The molecule has 2 heteroatoms. The molecular formula is C15H24N2. The van der Waals surface area contributed by atoms with Crippen LogP contribution in [-0.4, -0.2) is 18.0 Å². The summed E-state index contributed by atoms with van der Waals surface area (Å²) >= 11 is 0. The van der Waals surface area contributed by atoms with Gasteiger partial charge in [-0.1, -0.05) is 37.6 Å². The highest BCUT2D eigenvalue weighted by Crippen LogP contribution is 2.27. The molecule has 0 amide bonds. The maximum absolute atomic E-state index is 5.79. The smallest absolute Gasteiger partial charge is 0.0236 e. The van der Waals surface area contributed by atoms with Crippen molar-refractivity contribution in [2.75, 3.05) is 13.1 Å². The van der Waals surface area contributed by atoms with Gasteiger partial charge in [-0.25, -0.2) is 0 Å². The van der Waals surface area contributed by atoms with Gasteiger partial charge in [-0.3, -0.25) is 4.90 Å². The van der Waals surface area contributed by atoms with Crippen molar-refractivity contribution in [3.8, 4) is 0 Å². The second kappa shape index (κ2) is 6.18. The first-order chi connectivity index (χ1) is 8.33. The summed E-state index contributed by atoms with van der Waals surface area (Å²) in [6.07, 6.45) is 4.28. The van der Waals surface area contributed by atoms with Crippen LogP contribution in [0.1, 0.15) is 37.3 Å². The maximum atomic E-state index is 5.79. The lowest BCUT2D eigenvalue weighted by Gasteiger charge is -2.32. The average Bonchev–Trinajstić information content (AvgIpc) is 2.32. The number of nitrogens with zero attached hydrogens (tertiary/aromatic N) is 1. The predicted molar refractivity (Wildman–Crippen MR) is 72.6 cm³/mol. The van der Waals surface area contributed by atoms with Crippen LogP contribution in [0.4, 0.5) is 0 Å². The largest absolute Gasteiger partial charge is 0.326 e. The molecule has 0 saturated heterocycles. The first-order valence-corrected chi connectivity index (χ1v) is 6.82. The van der Waals surface area contributed by atoms with Gasteiger partial charge in [0.25, 0.3) is 0 Å². The Balaban J connectivity index is 1.96. The summed E-state index contributed by atoms with van der Waals surface area (Å²) in [7, 11) is 0. The number of rotatable bonds is 6. The highest BCUT2D eigenvalue weighted by molar-refractivity contribution is 5.26. The lowest BCUT2D eigenvalue weighted by Crippen LogP contribution is -2.32. The second-order valence-electron chi connectivity index (χ2n) is 5.10. The van der Waals surface area contributed by atoms with E-state index in [2.05, 4.69) is 36.1 Å². The minimum absolute atomic E-state index is 0.650. The second-order valence-corrected chi connectivity index (χ2v) is 5.10. The molecule has 1 aromatic rings. The van der Waals surface area contributed by atoms with E-state index in [1.165, 1.54) is 36.9 Å². The monoisotopic (exact) mass is 232 g/mol. The summed E-state index contributed by atoms with van der Waals surface area (Å²) in [5.41, 5.74) is 8.48. The molecule has 1 saturated carbocycles. The first-order valence-electron chi connectivity index (χ1n) is 6.82. The molecule has 0 aliphatic heterocycles. The molecule has 2 N–H and O–H groups in total. The quantitative estimate of drug-likeness (QED) is 0.817. The van der Waals surface area contributed by atoms with Gasteiger partial charge in [0.2, 0.25) is 0 Å². The van der Waals surface area contributed by atoms with Crippen LogP contribution in [-0.2, 0) is 13.1 Å². The molecule has 1 aliphatic carbocycles. The molecule has 0 spiro atoms. The van der Waals surface area contributed by atoms with Crippen molar-refractivity contribution in [3.05, 3.63) is 35.4 Å². The summed E-state index contributed by atoms with van der Waals surface area (Å²) in [6.45, 7) is 6.35. The van der Waals surface area contributed by atoms with Gasteiger partial charge in [-0.2, -0.15) is 0 Å². The fraction of sp³-hybridized carbons (Fsp3) is 0.600. The first kappa shape index (κ1) is 12.6. The Morgan fingerprint density at radius 2 is 1.94 bits per heavy atom. The summed E-state index contributed by atoms with van der Waals surface area (Å²) in [4.78, 5) is 2.55. The van der Waals surface area contributed by atoms with Gasteiger partial charge in [0.15, 0.2) is 0 Å². The van der Waals surface area contributed by atoms with E-state index in [9.17, 15) is 0 Å². The van der Waals surface area contributed by atoms with E-state index in [-0.39, 0.29) is 0 Å². The molecule has 2 nitrogen and oxygen atoms in total. The van der Waals surface area contributed by atoms with Crippen LogP contribution in [0.15, 0.2) is 24.3 Å².